The molecule has 1 atom stereocenters. The average molecular weight is 281 g/mol. The van der Waals surface area contributed by atoms with Gasteiger partial charge in [-0.15, -0.1) is 11.3 Å². The van der Waals surface area contributed by atoms with E-state index in [9.17, 15) is 0 Å². The summed E-state index contributed by atoms with van der Waals surface area (Å²) in [7, 11) is 0. The summed E-state index contributed by atoms with van der Waals surface area (Å²) in [5.74, 6) is 0. The molecule has 1 N–H and O–H groups in total. The summed E-state index contributed by atoms with van der Waals surface area (Å²) in [4.78, 5) is 0. The smallest absolute Gasteiger partial charge is 0.0346 e. The summed E-state index contributed by atoms with van der Waals surface area (Å²) in [6.07, 6.45) is 0. The predicted molar refractivity (Wildman–Crippen MR) is 88.3 cm³/mol. The molecule has 3 aromatic rings. The molecule has 0 aliphatic heterocycles. The number of hydrogen-bond donors (Lipinski definition) is 1. The second kappa shape index (κ2) is 5.78. The van der Waals surface area contributed by atoms with Gasteiger partial charge in [0.25, 0.3) is 0 Å². The molecule has 0 aliphatic rings. The molecule has 0 radical (unpaired) electrons. The fourth-order valence-electron chi connectivity index (χ4n) is 2.41. The zero-order valence-corrected chi connectivity index (χ0v) is 12.7. The molecule has 0 fully saturated rings. The molecule has 0 bridgehead atoms. The monoisotopic (exact) mass is 281 g/mol. The van der Waals surface area contributed by atoms with E-state index < -0.39 is 0 Å². The van der Waals surface area contributed by atoms with E-state index in [2.05, 4.69) is 73.1 Å². The number of rotatable bonds is 4. The summed E-state index contributed by atoms with van der Waals surface area (Å²) >= 11 is 1.82. The van der Waals surface area contributed by atoms with Gasteiger partial charge in [-0.05, 0) is 41.8 Å². The van der Waals surface area contributed by atoms with Crippen LogP contribution in [0.15, 0.2) is 53.9 Å². The maximum absolute atomic E-state index is 3.62. The van der Waals surface area contributed by atoms with Crippen molar-refractivity contribution in [2.45, 2.75) is 26.4 Å². The first kappa shape index (κ1) is 13.3. The van der Waals surface area contributed by atoms with E-state index in [1.807, 2.05) is 11.3 Å². The molecule has 1 aromatic heterocycles. The van der Waals surface area contributed by atoms with Crippen LogP contribution in [0, 0.1) is 6.92 Å². The Morgan fingerprint density at radius 3 is 2.60 bits per heavy atom. The lowest BCUT2D eigenvalue weighted by atomic mass is 10.1. The number of hydrogen-bond acceptors (Lipinski definition) is 2. The maximum atomic E-state index is 3.62. The van der Waals surface area contributed by atoms with Gasteiger partial charge in [0.1, 0.15) is 0 Å². The Labute approximate surface area is 124 Å². The van der Waals surface area contributed by atoms with Gasteiger partial charge in [0, 0.05) is 17.3 Å². The SMILES string of the molecule is Cc1ccc(C(C)NCc2csc3ccccc23)cc1. The van der Waals surface area contributed by atoms with Crippen LogP contribution in [0.5, 0.6) is 0 Å². The minimum atomic E-state index is 0.370. The first-order chi connectivity index (χ1) is 9.74. The molecule has 3 rings (SSSR count). The van der Waals surface area contributed by atoms with Gasteiger partial charge in [0.15, 0.2) is 0 Å². The van der Waals surface area contributed by atoms with Crippen molar-refractivity contribution >= 4 is 21.4 Å². The van der Waals surface area contributed by atoms with Crippen molar-refractivity contribution in [1.29, 1.82) is 0 Å². The van der Waals surface area contributed by atoms with Crippen LogP contribution in [0.2, 0.25) is 0 Å². The molecule has 0 saturated heterocycles. The van der Waals surface area contributed by atoms with Crippen LogP contribution in [0.25, 0.3) is 10.1 Å². The Balaban J connectivity index is 1.71. The van der Waals surface area contributed by atoms with Crippen LogP contribution in [-0.4, -0.2) is 0 Å². The Bertz CT molecular complexity index is 697. The van der Waals surface area contributed by atoms with Gasteiger partial charge < -0.3 is 5.32 Å². The van der Waals surface area contributed by atoms with Crippen LogP contribution >= 0.6 is 11.3 Å². The molecule has 2 heteroatoms. The van der Waals surface area contributed by atoms with Crippen molar-refractivity contribution in [2.75, 3.05) is 0 Å². The summed E-state index contributed by atoms with van der Waals surface area (Å²) in [5.41, 5.74) is 4.05. The zero-order chi connectivity index (χ0) is 13.9. The van der Waals surface area contributed by atoms with Crippen LogP contribution in [0.4, 0.5) is 0 Å². The Morgan fingerprint density at radius 2 is 1.80 bits per heavy atom. The quantitative estimate of drug-likeness (QED) is 0.704. The van der Waals surface area contributed by atoms with E-state index in [0.717, 1.165) is 6.54 Å². The highest BCUT2D eigenvalue weighted by Gasteiger charge is 2.07. The fourth-order valence-corrected chi connectivity index (χ4v) is 3.37. The molecular formula is C18H19NS. The number of nitrogens with one attached hydrogen (secondary N) is 1. The highest BCUT2D eigenvalue weighted by Crippen LogP contribution is 2.26. The standard InChI is InChI=1S/C18H19NS/c1-13-7-9-15(10-8-13)14(2)19-11-16-12-20-18-6-4-3-5-17(16)18/h3-10,12,14,19H,11H2,1-2H3. The molecule has 0 spiro atoms. The van der Waals surface area contributed by atoms with E-state index in [1.54, 1.807) is 0 Å². The van der Waals surface area contributed by atoms with E-state index in [4.69, 9.17) is 0 Å². The third kappa shape index (κ3) is 2.77. The van der Waals surface area contributed by atoms with Crippen molar-refractivity contribution in [3.63, 3.8) is 0 Å². The highest BCUT2D eigenvalue weighted by molar-refractivity contribution is 7.17. The number of fused-ring (bicyclic) bond motifs is 1. The van der Waals surface area contributed by atoms with Crippen molar-refractivity contribution in [3.05, 3.63) is 70.6 Å². The summed E-state index contributed by atoms with van der Waals surface area (Å²) in [5, 5.41) is 7.26. The topological polar surface area (TPSA) is 12.0 Å². The van der Waals surface area contributed by atoms with Crippen LogP contribution in [-0.2, 0) is 6.54 Å². The molecule has 0 amide bonds. The van der Waals surface area contributed by atoms with Gasteiger partial charge in [-0.25, -0.2) is 0 Å². The molecule has 2 aromatic carbocycles. The molecule has 1 unspecified atom stereocenters. The molecule has 1 heterocycles. The highest BCUT2D eigenvalue weighted by atomic mass is 32.1. The third-order valence-electron chi connectivity index (χ3n) is 3.74. The maximum Gasteiger partial charge on any atom is 0.0346 e. The molecule has 102 valence electrons. The lowest BCUT2D eigenvalue weighted by Crippen LogP contribution is -2.17. The molecule has 0 aliphatic carbocycles. The minimum absolute atomic E-state index is 0.370. The largest absolute Gasteiger partial charge is 0.306 e. The Hall–Kier alpha value is -1.64. The molecule has 20 heavy (non-hydrogen) atoms. The van der Waals surface area contributed by atoms with Crippen molar-refractivity contribution in [1.82, 2.24) is 5.32 Å². The van der Waals surface area contributed by atoms with E-state index in [1.165, 1.54) is 26.8 Å². The van der Waals surface area contributed by atoms with Gasteiger partial charge in [0.05, 0.1) is 0 Å². The first-order valence-corrected chi connectivity index (χ1v) is 7.87. The van der Waals surface area contributed by atoms with Gasteiger partial charge in [-0.1, -0.05) is 48.0 Å². The Kier molecular flexibility index (Phi) is 3.86. The average Bonchev–Trinajstić information content (AvgIpc) is 2.89. The van der Waals surface area contributed by atoms with Gasteiger partial charge in [-0.2, -0.15) is 0 Å². The van der Waals surface area contributed by atoms with Gasteiger partial charge in [0.2, 0.25) is 0 Å². The summed E-state index contributed by atoms with van der Waals surface area (Å²) in [6.45, 7) is 5.26. The zero-order valence-electron chi connectivity index (χ0n) is 11.9. The third-order valence-corrected chi connectivity index (χ3v) is 4.75. The second-order valence-electron chi connectivity index (χ2n) is 5.27. The van der Waals surface area contributed by atoms with Crippen molar-refractivity contribution in [3.8, 4) is 0 Å². The van der Waals surface area contributed by atoms with Crippen LogP contribution in [0.1, 0.15) is 29.7 Å². The summed E-state index contributed by atoms with van der Waals surface area (Å²) in [6, 6.07) is 17.7. The van der Waals surface area contributed by atoms with Gasteiger partial charge >= 0.3 is 0 Å². The van der Waals surface area contributed by atoms with Crippen molar-refractivity contribution < 1.29 is 0 Å². The first-order valence-electron chi connectivity index (χ1n) is 6.99. The number of benzene rings is 2. The van der Waals surface area contributed by atoms with Crippen molar-refractivity contribution in [2.24, 2.45) is 0 Å². The van der Waals surface area contributed by atoms with Crippen LogP contribution < -0.4 is 5.32 Å². The summed E-state index contributed by atoms with van der Waals surface area (Å²) < 4.78 is 1.37. The normalized spacial score (nSPS) is 12.7. The van der Waals surface area contributed by atoms with Crippen LogP contribution in [0.3, 0.4) is 0 Å². The Morgan fingerprint density at radius 1 is 1.05 bits per heavy atom. The van der Waals surface area contributed by atoms with E-state index in [0.29, 0.717) is 6.04 Å². The van der Waals surface area contributed by atoms with Gasteiger partial charge in [-0.3, -0.25) is 0 Å². The van der Waals surface area contributed by atoms with E-state index in [-0.39, 0.29) is 0 Å². The fraction of sp³-hybridized carbons (Fsp3) is 0.222. The number of thiophene rings is 1. The predicted octanol–water partition coefficient (Wildman–Crippen LogP) is 5.06. The molecule has 0 saturated carbocycles. The second-order valence-corrected chi connectivity index (χ2v) is 6.18. The molecule has 1 nitrogen and oxygen atoms in total. The lowest BCUT2D eigenvalue weighted by molar-refractivity contribution is 0.577. The molecular weight excluding hydrogens is 262 g/mol. The number of aryl methyl sites for hydroxylation is 1. The van der Waals surface area contributed by atoms with E-state index >= 15 is 0 Å². The minimum Gasteiger partial charge on any atom is -0.306 e. The lowest BCUT2D eigenvalue weighted by Gasteiger charge is -2.14.